The molecule has 84 valence electrons. The molecular formula is C11H13N3OS. The van der Waals surface area contributed by atoms with E-state index in [1.807, 2.05) is 12.1 Å². The highest BCUT2D eigenvalue weighted by Gasteiger charge is 1.96. The number of rotatable bonds is 5. The van der Waals surface area contributed by atoms with Crippen LogP contribution in [0.2, 0.25) is 0 Å². The molecule has 0 unspecified atom stereocenters. The Morgan fingerprint density at radius 3 is 2.75 bits per heavy atom. The summed E-state index contributed by atoms with van der Waals surface area (Å²) in [6, 6.07) is 8.09. The summed E-state index contributed by atoms with van der Waals surface area (Å²) in [5.74, 6) is 0.890. The number of anilines is 1. The SMILES string of the molecule is COc1ccc(CCNc2ncns2)cc1. The average molecular weight is 235 g/mol. The minimum absolute atomic E-state index is 0.863. The number of ether oxygens (including phenoxy) is 1. The van der Waals surface area contributed by atoms with E-state index in [4.69, 9.17) is 4.74 Å². The van der Waals surface area contributed by atoms with Crippen molar-refractivity contribution in [1.82, 2.24) is 9.36 Å². The van der Waals surface area contributed by atoms with Crippen molar-refractivity contribution in [2.45, 2.75) is 6.42 Å². The fourth-order valence-corrected chi connectivity index (χ4v) is 1.81. The smallest absolute Gasteiger partial charge is 0.202 e. The largest absolute Gasteiger partial charge is 0.497 e. The summed E-state index contributed by atoms with van der Waals surface area (Å²) in [5, 5.41) is 4.08. The van der Waals surface area contributed by atoms with E-state index in [-0.39, 0.29) is 0 Å². The fourth-order valence-electron chi connectivity index (χ4n) is 1.36. The highest BCUT2D eigenvalue weighted by atomic mass is 32.1. The molecule has 0 spiro atoms. The molecule has 1 heterocycles. The molecule has 1 aromatic carbocycles. The summed E-state index contributed by atoms with van der Waals surface area (Å²) in [7, 11) is 1.67. The summed E-state index contributed by atoms with van der Waals surface area (Å²) in [6.45, 7) is 0.863. The van der Waals surface area contributed by atoms with Gasteiger partial charge in [-0.05, 0) is 24.1 Å². The van der Waals surface area contributed by atoms with Crippen molar-refractivity contribution in [3.05, 3.63) is 36.2 Å². The lowest BCUT2D eigenvalue weighted by Gasteiger charge is -2.04. The van der Waals surface area contributed by atoms with Gasteiger partial charge in [-0.1, -0.05) is 12.1 Å². The van der Waals surface area contributed by atoms with Crippen molar-refractivity contribution in [3.8, 4) is 5.75 Å². The van der Waals surface area contributed by atoms with Crippen molar-refractivity contribution in [1.29, 1.82) is 0 Å². The van der Waals surface area contributed by atoms with Gasteiger partial charge in [-0.15, -0.1) is 0 Å². The fraction of sp³-hybridized carbons (Fsp3) is 0.273. The van der Waals surface area contributed by atoms with E-state index in [0.29, 0.717) is 0 Å². The number of hydrogen-bond donors (Lipinski definition) is 1. The lowest BCUT2D eigenvalue weighted by molar-refractivity contribution is 0.414. The molecule has 5 heteroatoms. The van der Waals surface area contributed by atoms with Crippen molar-refractivity contribution >= 4 is 16.7 Å². The molecule has 0 aliphatic heterocycles. The Morgan fingerprint density at radius 1 is 1.31 bits per heavy atom. The Kier molecular flexibility index (Phi) is 3.71. The zero-order valence-corrected chi connectivity index (χ0v) is 9.83. The number of methoxy groups -OCH3 is 1. The zero-order valence-electron chi connectivity index (χ0n) is 9.01. The number of nitrogens with one attached hydrogen (secondary N) is 1. The first kappa shape index (κ1) is 10.9. The number of aromatic nitrogens is 2. The molecule has 0 aliphatic carbocycles. The van der Waals surface area contributed by atoms with E-state index in [1.54, 1.807) is 13.4 Å². The Bertz CT molecular complexity index is 413. The second-order valence-electron chi connectivity index (χ2n) is 3.27. The van der Waals surface area contributed by atoms with E-state index in [9.17, 15) is 0 Å². The van der Waals surface area contributed by atoms with Gasteiger partial charge in [0.1, 0.15) is 12.1 Å². The highest BCUT2D eigenvalue weighted by molar-refractivity contribution is 7.09. The van der Waals surface area contributed by atoms with Gasteiger partial charge in [0.25, 0.3) is 0 Å². The first-order chi connectivity index (χ1) is 7.88. The lowest BCUT2D eigenvalue weighted by atomic mass is 10.1. The van der Waals surface area contributed by atoms with Crippen LogP contribution in [0.5, 0.6) is 5.75 Å². The molecule has 1 aromatic heterocycles. The van der Waals surface area contributed by atoms with E-state index < -0.39 is 0 Å². The highest BCUT2D eigenvalue weighted by Crippen LogP contribution is 2.12. The van der Waals surface area contributed by atoms with Gasteiger partial charge in [0.2, 0.25) is 5.13 Å². The van der Waals surface area contributed by atoms with Crippen LogP contribution in [0.25, 0.3) is 0 Å². The molecular weight excluding hydrogens is 222 g/mol. The minimum atomic E-state index is 0.863. The molecule has 0 saturated carbocycles. The van der Waals surface area contributed by atoms with Crippen LogP contribution in [0.4, 0.5) is 5.13 Å². The third kappa shape index (κ3) is 2.93. The van der Waals surface area contributed by atoms with E-state index >= 15 is 0 Å². The van der Waals surface area contributed by atoms with Gasteiger partial charge in [-0.25, -0.2) is 4.98 Å². The number of hydrogen-bond acceptors (Lipinski definition) is 5. The van der Waals surface area contributed by atoms with Crippen LogP contribution in [0.1, 0.15) is 5.56 Å². The molecule has 0 aliphatic rings. The lowest BCUT2D eigenvalue weighted by Crippen LogP contribution is -2.04. The molecule has 1 N–H and O–H groups in total. The Balaban J connectivity index is 1.81. The van der Waals surface area contributed by atoms with E-state index in [2.05, 4.69) is 26.8 Å². The average Bonchev–Trinajstić information content (AvgIpc) is 2.83. The van der Waals surface area contributed by atoms with Crippen LogP contribution in [0, 0.1) is 0 Å². The molecule has 16 heavy (non-hydrogen) atoms. The van der Waals surface area contributed by atoms with Gasteiger partial charge in [-0.3, -0.25) is 0 Å². The van der Waals surface area contributed by atoms with Crippen LogP contribution >= 0.6 is 11.5 Å². The summed E-state index contributed by atoms with van der Waals surface area (Å²) >= 11 is 1.37. The molecule has 0 fully saturated rings. The maximum Gasteiger partial charge on any atom is 0.202 e. The Labute approximate surface area is 98.5 Å². The second-order valence-corrected chi connectivity index (χ2v) is 4.05. The van der Waals surface area contributed by atoms with Gasteiger partial charge < -0.3 is 10.1 Å². The maximum absolute atomic E-state index is 5.10. The third-order valence-electron chi connectivity index (χ3n) is 2.21. The maximum atomic E-state index is 5.10. The summed E-state index contributed by atoms with van der Waals surface area (Å²) < 4.78 is 9.02. The Morgan fingerprint density at radius 2 is 2.12 bits per heavy atom. The molecule has 0 bridgehead atoms. The standard InChI is InChI=1S/C11H13N3OS/c1-15-10-4-2-9(3-5-10)6-7-12-11-13-8-14-16-11/h2-5,8H,6-7H2,1H3,(H,12,13,14). The quantitative estimate of drug-likeness (QED) is 0.863. The zero-order chi connectivity index (χ0) is 11.2. The van der Waals surface area contributed by atoms with Crippen molar-refractivity contribution < 1.29 is 4.74 Å². The first-order valence-electron chi connectivity index (χ1n) is 5.02. The van der Waals surface area contributed by atoms with Crippen LogP contribution in [-0.4, -0.2) is 23.0 Å². The predicted octanol–water partition coefficient (Wildman–Crippen LogP) is 2.20. The van der Waals surface area contributed by atoms with Crippen LogP contribution < -0.4 is 10.1 Å². The van der Waals surface area contributed by atoms with Gasteiger partial charge in [0, 0.05) is 18.1 Å². The van der Waals surface area contributed by atoms with Crippen LogP contribution in [0.3, 0.4) is 0 Å². The van der Waals surface area contributed by atoms with Crippen molar-refractivity contribution in [3.63, 3.8) is 0 Å². The summed E-state index contributed by atoms with van der Waals surface area (Å²) in [5.41, 5.74) is 1.28. The molecule has 0 radical (unpaired) electrons. The minimum Gasteiger partial charge on any atom is -0.497 e. The molecule has 4 nitrogen and oxygen atoms in total. The third-order valence-corrected chi connectivity index (χ3v) is 2.83. The van der Waals surface area contributed by atoms with E-state index in [1.165, 1.54) is 17.1 Å². The molecule has 0 amide bonds. The predicted molar refractivity (Wildman–Crippen MR) is 65.1 cm³/mol. The molecule has 0 saturated heterocycles. The van der Waals surface area contributed by atoms with Crippen LogP contribution in [0.15, 0.2) is 30.6 Å². The normalized spacial score (nSPS) is 10.1. The van der Waals surface area contributed by atoms with Gasteiger partial charge >= 0.3 is 0 Å². The second kappa shape index (κ2) is 5.46. The summed E-state index contributed by atoms with van der Waals surface area (Å²) in [6.07, 6.45) is 2.52. The van der Waals surface area contributed by atoms with Gasteiger partial charge in [0.05, 0.1) is 7.11 Å². The first-order valence-corrected chi connectivity index (χ1v) is 5.79. The van der Waals surface area contributed by atoms with Gasteiger partial charge in [-0.2, -0.15) is 4.37 Å². The van der Waals surface area contributed by atoms with E-state index in [0.717, 1.165) is 23.8 Å². The monoisotopic (exact) mass is 235 g/mol. The van der Waals surface area contributed by atoms with Crippen LogP contribution in [-0.2, 0) is 6.42 Å². The summed E-state index contributed by atoms with van der Waals surface area (Å²) in [4.78, 5) is 4.05. The molecule has 0 atom stereocenters. The molecule has 2 rings (SSSR count). The number of benzene rings is 1. The van der Waals surface area contributed by atoms with Crippen molar-refractivity contribution in [2.24, 2.45) is 0 Å². The number of nitrogens with zero attached hydrogens (tertiary/aromatic N) is 2. The van der Waals surface area contributed by atoms with Gasteiger partial charge in [0.15, 0.2) is 0 Å². The Hall–Kier alpha value is -1.62. The molecule has 2 aromatic rings. The van der Waals surface area contributed by atoms with Crippen molar-refractivity contribution in [2.75, 3.05) is 19.0 Å². The topological polar surface area (TPSA) is 47.0 Å².